The second-order valence-corrected chi connectivity index (χ2v) is 8.67. The van der Waals surface area contributed by atoms with Gasteiger partial charge in [-0.25, -0.2) is 4.79 Å². The van der Waals surface area contributed by atoms with E-state index in [0.29, 0.717) is 35.3 Å². The summed E-state index contributed by atoms with van der Waals surface area (Å²) in [5.74, 6) is 0.146. The van der Waals surface area contributed by atoms with Gasteiger partial charge in [0.1, 0.15) is 11.2 Å². The summed E-state index contributed by atoms with van der Waals surface area (Å²) in [6.45, 7) is 4.29. The Bertz CT molecular complexity index is 1430. The van der Waals surface area contributed by atoms with Gasteiger partial charge in [-0.3, -0.25) is 14.2 Å². The fourth-order valence-electron chi connectivity index (χ4n) is 4.39. The van der Waals surface area contributed by atoms with Crippen molar-refractivity contribution in [2.75, 3.05) is 13.1 Å². The van der Waals surface area contributed by atoms with Gasteiger partial charge in [-0.05, 0) is 37.5 Å². The first kappa shape index (κ1) is 25.6. The van der Waals surface area contributed by atoms with Gasteiger partial charge in [-0.15, -0.1) is 0 Å². The average Bonchev–Trinajstić information content (AvgIpc) is 3.28. The Labute approximate surface area is 213 Å². The number of hydrogen-bond donors (Lipinski definition) is 2. The molecule has 0 aliphatic heterocycles. The predicted octanol–water partition coefficient (Wildman–Crippen LogP) is 3.99. The van der Waals surface area contributed by atoms with Crippen LogP contribution in [0.5, 0.6) is 0 Å². The molecule has 10 nitrogen and oxygen atoms in total. The first-order chi connectivity index (χ1) is 17.9. The molecule has 4 rings (SSSR count). The molecular formula is C27H29N5O5. The highest BCUT2D eigenvalue weighted by molar-refractivity contribution is 5.94. The van der Waals surface area contributed by atoms with Crippen molar-refractivity contribution in [2.45, 2.75) is 39.3 Å². The Balaban J connectivity index is 1.82. The smallest absolute Gasteiger partial charge is 0.404 e. The zero-order valence-corrected chi connectivity index (χ0v) is 20.8. The molecule has 2 N–H and O–H groups in total. The zero-order valence-electron chi connectivity index (χ0n) is 20.8. The van der Waals surface area contributed by atoms with Crippen molar-refractivity contribution in [1.29, 1.82) is 0 Å². The third-order valence-corrected chi connectivity index (χ3v) is 6.17. The minimum absolute atomic E-state index is 0.125. The van der Waals surface area contributed by atoms with Crippen molar-refractivity contribution >= 4 is 23.1 Å². The van der Waals surface area contributed by atoms with E-state index in [9.17, 15) is 14.4 Å². The van der Waals surface area contributed by atoms with E-state index >= 15 is 0 Å². The van der Waals surface area contributed by atoms with Crippen LogP contribution >= 0.6 is 0 Å². The lowest BCUT2D eigenvalue weighted by Gasteiger charge is -2.32. The maximum absolute atomic E-state index is 13.7. The molecule has 0 aliphatic carbocycles. The standard InChI is InChI=1S/C27H29N5O5/c1-3-21(31(16-10-15-28-27(35)36)25(33)20-13-8-5-9-14-20)23-29-24-22(18(2)30-37-24)26(34)32(23)17-19-11-6-4-7-12-19/h4-9,11-14,21,28H,3,10,15-17H2,1-2H3,(H,35,36). The van der Waals surface area contributed by atoms with Crippen LogP contribution in [-0.2, 0) is 6.54 Å². The molecule has 2 aromatic carbocycles. The van der Waals surface area contributed by atoms with Crippen LogP contribution in [0, 0.1) is 6.92 Å². The molecule has 192 valence electrons. The molecule has 4 aromatic rings. The number of nitrogens with one attached hydrogen (secondary N) is 1. The van der Waals surface area contributed by atoms with Gasteiger partial charge >= 0.3 is 6.09 Å². The number of aromatic nitrogens is 3. The summed E-state index contributed by atoms with van der Waals surface area (Å²) in [4.78, 5) is 44.7. The van der Waals surface area contributed by atoms with Crippen LogP contribution in [0.1, 0.15) is 53.2 Å². The van der Waals surface area contributed by atoms with Crippen LogP contribution in [0.4, 0.5) is 4.79 Å². The molecule has 0 saturated heterocycles. The van der Waals surface area contributed by atoms with E-state index in [1.165, 1.54) is 0 Å². The first-order valence-corrected chi connectivity index (χ1v) is 12.1. The molecule has 0 aliphatic rings. The van der Waals surface area contributed by atoms with Gasteiger partial charge in [0.15, 0.2) is 0 Å². The van der Waals surface area contributed by atoms with Gasteiger partial charge in [0, 0.05) is 18.7 Å². The largest absolute Gasteiger partial charge is 0.465 e. The quantitative estimate of drug-likeness (QED) is 0.313. The molecule has 1 unspecified atom stereocenters. The van der Waals surface area contributed by atoms with Crippen LogP contribution in [0.2, 0.25) is 0 Å². The lowest BCUT2D eigenvalue weighted by atomic mass is 10.1. The zero-order chi connectivity index (χ0) is 26.4. The Kier molecular flexibility index (Phi) is 7.97. The molecule has 0 fully saturated rings. The second-order valence-electron chi connectivity index (χ2n) is 8.67. The van der Waals surface area contributed by atoms with E-state index in [4.69, 9.17) is 14.6 Å². The van der Waals surface area contributed by atoms with Crippen molar-refractivity contribution in [3.8, 4) is 0 Å². The number of benzene rings is 2. The summed E-state index contributed by atoms with van der Waals surface area (Å²) in [6.07, 6.45) is -0.281. The van der Waals surface area contributed by atoms with E-state index < -0.39 is 12.1 Å². The molecule has 0 saturated carbocycles. The second kappa shape index (κ2) is 11.5. The molecule has 0 radical (unpaired) electrons. The van der Waals surface area contributed by atoms with Crippen molar-refractivity contribution in [3.05, 3.63) is 93.7 Å². The Morgan fingerprint density at radius 3 is 2.43 bits per heavy atom. The van der Waals surface area contributed by atoms with E-state index in [1.54, 1.807) is 40.7 Å². The molecule has 0 spiro atoms. The van der Waals surface area contributed by atoms with E-state index in [-0.39, 0.29) is 36.8 Å². The lowest BCUT2D eigenvalue weighted by Crippen LogP contribution is -2.40. The third kappa shape index (κ3) is 5.69. The Morgan fingerprint density at radius 1 is 1.11 bits per heavy atom. The van der Waals surface area contributed by atoms with Gasteiger partial charge in [-0.1, -0.05) is 60.6 Å². The molecule has 10 heteroatoms. The van der Waals surface area contributed by atoms with Gasteiger partial charge in [-0.2, -0.15) is 4.98 Å². The average molecular weight is 504 g/mol. The highest BCUT2D eigenvalue weighted by atomic mass is 16.5. The summed E-state index contributed by atoms with van der Waals surface area (Å²) in [5.41, 5.74) is 1.68. The van der Waals surface area contributed by atoms with Gasteiger partial charge in [0.05, 0.1) is 18.3 Å². The van der Waals surface area contributed by atoms with Crippen LogP contribution < -0.4 is 10.9 Å². The number of carbonyl (C=O) groups excluding carboxylic acids is 1. The van der Waals surface area contributed by atoms with E-state index in [1.807, 2.05) is 43.3 Å². The van der Waals surface area contributed by atoms with Gasteiger partial charge in [0.2, 0.25) is 0 Å². The first-order valence-electron chi connectivity index (χ1n) is 12.1. The number of carboxylic acid groups (broad SMARTS) is 1. The summed E-state index contributed by atoms with van der Waals surface area (Å²) in [6, 6.07) is 17.8. The number of fused-ring (bicyclic) bond motifs is 1. The lowest BCUT2D eigenvalue weighted by molar-refractivity contribution is 0.0654. The fraction of sp³-hybridized carbons (Fsp3) is 0.296. The summed E-state index contributed by atoms with van der Waals surface area (Å²) >= 11 is 0. The van der Waals surface area contributed by atoms with E-state index in [2.05, 4.69) is 10.5 Å². The normalized spacial score (nSPS) is 11.8. The maximum atomic E-state index is 13.7. The molecule has 2 amide bonds. The number of rotatable bonds is 10. The summed E-state index contributed by atoms with van der Waals surface area (Å²) < 4.78 is 6.95. The Morgan fingerprint density at radius 2 is 1.78 bits per heavy atom. The highest BCUT2D eigenvalue weighted by Gasteiger charge is 2.30. The monoisotopic (exact) mass is 503 g/mol. The molecule has 2 heterocycles. The molecule has 1 atom stereocenters. The number of nitrogens with zero attached hydrogens (tertiary/aromatic N) is 4. The van der Waals surface area contributed by atoms with Gasteiger partial charge in [0.25, 0.3) is 17.2 Å². The van der Waals surface area contributed by atoms with Crippen LogP contribution in [-0.4, -0.2) is 49.8 Å². The van der Waals surface area contributed by atoms with Crippen molar-refractivity contribution in [2.24, 2.45) is 0 Å². The van der Waals surface area contributed by atoms with Crippen LogP contribution in [0.25, 0.3) is 11.1 Å². The SMILES string of the molecule is CCC(c1nc2onc(C)c2c(=O)n1Cc1ccccc1)N(CCCNC(=O)O)C(=O)c1ccccc1. The third-order valence-electron chi connectivity index (χ3n) is 6.17. The van der Waals surface area contributed by atoms with Crippen LogP contribution in [0.3, 0.4) is 0 Å². The fourth-order valence-corrected chi connectivity index (χ4v) is 4.39. The molecular weight excluding hydrogens is 474 g/mol. The van der Waals surface area contributed by atoms with Crippen LogP contribution in [0.15, 0.2) is 70.0 Å². The number of hydrogen-bond acceptors (Lipinski definition) is 6. The summed E-state index contributed by atoms with van der Waals surface area (Å²) in [7, 11) is 0. The Hall–Kier alpha value is -4.47. The molecule has 0 bridgehead atoms. The predicted molar refractivity (Wildman–Crippen MR) is 137 cm³/mol. The van der Waals surface area contributed by atoms with Gasteiger partial charge < -0.3 is 19.8 Å². The van der Waals surface area contributed by atoms with Crippen molar-refractivity contribution in [3.63, 3.8) is 0 Å². The highest BCUT2D eigenvalue weighted by Crippen LogP contribution is 2.27. The molecule has 37 heavy (non-hydrogen) atoms. The maximum Gasteiger partial charge on any atom is 0.404 e. The topological polar surface area (TPSA) is 131 Å². The summed E-state index contributed by atoms with van der Waals surface area (Å²) in [5, 5.41) is 15.5. The number of aryl methyl sites for hydroxylation is 1. The number of carbonyl (C=O) groups is 2. The minimum Gasteiger partial charge on any atom is -0.465 e. The minimum atomic E-state index is -1.13. The van der Waals surface area contributed by atoms with Crippen molar-refractivity contribution in [1.82, 2.24) is 24.9 Å². The van der Waals surface area contributed by atoms with Crippen molar-refractivity contribution < 1.29 is 19.2 Å². The van der Waals surface area contributed by atoms with E-state index in [0.717, 1.165) is 5.56 Å². The number of amides is 2. The molecule has 2 aromatic heterocycles.